The number of amidine groups is 1. The Morgan fingerprint density at radius 2 is 1.87 bits per heavy atom. The van der Waals surface area contributed by atoms with Crippen molar-refractivity contribution >= 4 is 5.84 Å². The van der Waals surface area contributed by atoms with E-state index in [1.54, 1.807) is 0 Å². The monoisotopic (exact) mass is 208 g/mol. The van der Waals surface area contributed by atoms with Gasteiger partial charge in [-0.2, -0.15) is 0 Å². The Morgan fingerprint density at radius 3 is 2.40 bits per heavy atom. The summed E-state index contributed by atoms with van der Waals surface area (Å²) in [5.74, 6) is 1.15. The van der Waals surface area contributed by atoms with Crippen molar-refractivity contribution in [3.8, 4) is 0 Å². The van der Waals surface area contributed by atoms with Gasteiger partial charge in [0.25, 0.3) is 0 Å². The van der Waals surface area contributed by atoms with E-state index in [1.165, 1.54) is 5.57 Å². The van der Waals surface area contributed by atoms with E-state index in [4.69, 9.17) is 0 Å². The molecular formula is C13H24N2. The normalized spacial score (nSPS) is 21.5. The Bertz CT molecular complexity index is 262. The van der Waals surface area contributed by atoms with Gasteiger partial charge in [-0.25, -0.2) is 0 Å². The second-order valence-electron chi connectivity index (χ2n) is 3.15. The van der Waals surface area contributed by atoms with Crippen molar-refractivity contribution in [3.05, 3.63) is 23.9 Å². The topological polar surface area (TPSA) is 15.6 Å². The number of nitrogens with zero attached hydrogens (tertiary/aromatic N) is 2. The van der Waals surface area contributed by atoms with Gasteiger partial charge in [-0.15, -0.1) is 0 Å². The van der Waals surface area contributed by atoms with E-state index in [0.29, 0.717) is 6.04 Å². The number of aliphatic imine (C=N–C) groups is 1. The molecule has 0 aromatic carbocycles. The molecule has 0 saturated carbocycles. The van der Waals surface area contributed by atoms with Crippen molar-refractivity contribution in [1.82, 2.24) is 4.90 Å². The van der Waals surface area contributed by atoms with Gasteiger partial charge in [0.05, 0.1) is 6.04 Å². The summed E-state index contributed by atoms with van der Waals surface area (Å²) in [4.78, 5) is 6.72. The summed E-state index contributed by atoms with van der Waals surface area (Å²) < 4.78 is 0. The average Bonchev–Trinajstić information content (AvgIpc) is 2.66. The first kappa shape index (κ1) is 13.9. The number of hydrogen-bond acceptors (Lipinski definition) is 2. The molecule has 2 aliphatic heterocycles. The van der Waals surface area contributed by atoms with Crippen LogP contribution in [0, 0.1) is 0 Å². The highest BCUT2D eigenvalue weighted by atomic mass is 15.2. The molecule has 0 aromatic heterocycles. The molecule has 0 amide bonds. The van der Waals surface area contributed by atoms with E-state index in [2.05, 4.69) is 42.1 Å². The highest BCUT2D eigenvalue weighted by Gasteiger charge is 2.22. The third kappa shape index (κ3) is 3.54. The molecule has 2 rings (SSSR count). The highest BCUT2D eigenvalue weighted by Crippen LogP contribution is 2.17. The van der Waals surface area contributed by atoms with Crippen LogP contribution < -0.4 is 0 Å². The zero-order valence-electron chi connectivity index (χ0n) is 10.9. The molecule has 0 bridgehead atoms. The molecule has 1 atom stereocenters. The minimum atomic E-state index is 0.455. The fourth-order valence-electron chi connectivity index (χ4n) is 1.52. The van der Waals surface area contributed by atoms with Crippen molar-refractivity contribution in [3.63, 3.8) is 0 Å². The lowest BCUT2D eigenvalue weighted by molar-refractivity contribution is 0.555. The van der Waals surface area contributed by atoms with E-state index < -0.39 is 0 Å². The lowest BCUT2D eigenvalue weighted by Gasteiger charge is -2.18. The SMILES string of the molecule is CC.CC.CC1=CC=CN2CC(C)N=C12. The van der Waals surface area contributed by atoms with Crippen LogP contribution in [0.15, 0.2) is 28.9 Å². The first-order chi connectivity index (χ1) is 7.27. The van der Waals surface area contributed by atoms with Crippen LogP contribution in [-0.2, 0) is 0 Å². The molecule has 2 heterocycles. The van der Waals surface area contributed by atoms with Crippen molar-refractivity contribution < 1.29 is 0 Å². The van der Waals surface area contributed by atoms with Crippen LogP contribution in [0.3, 0.4) is 0 Å². The highest BCUT2D eigenvalue weighted by molar-refractivity contribution is 6.00. The quantitative estimate of drug-likeness (QED) is 0.593. The summed E-state index contributed by atoms with van der Waals surface area (Å²) in [6.07, 6.45) is 6.27. The number of rotatable bonds is 0. The third-order valence-corrected chi connectivity index (χ3v) is 2.04. The molecule has 2 aliphatic rings. The van der Waals surface area contributed by atoms with Gasteiger partial charge in [0.1, 0.15) is 5.84 Å². The first-order valence-electron chi connectivity index (χ1n) is 5.97. The van der Waals surface area contributed by atoms with Gasteiger partial charge in [-0.3, -0.25) is 4.99 Å². The summed E-state index contributed by atoms with van der Waals surface area (Å²) in [6.45, 7) is 13.3. The van der Waals surface area contributed by atoms with Gasteiger partial charge >= 0.3 is 0 Å². The van der Waals surface area contributed by atoms with Crippen molar-refractivity contribution in [2.24, 2.45) is 4.99 Å². The van der Waals surface area contributed by atoms with Crippen molar-refractivity contribution in [2.45, 2.75) is 47.6 Å². The standard InChI is InChI=1S/C9H12N2.2C2H6/c1-7-4-3-5-11-6-8(2)10-9(7)11;2*1-2/h3-5,8H,6H2,1-2H3;2*1-2H3. The fourth-order valence-corrected chi connectivity index (χ4v) is 1.52. The molecular weight excluding hydrogens is 184 g/mol. The van der Waals surface area contributed by atoms with Gasteiger partial charge in [0.15, 0.2) is 0 Å². The van der Waals surface area contributed by atoms with Gasteiger partial charge < -0.3 is 4.90 Å². The average molecular weight is 208 g/mol. The maximum Gasteiger partial charge on any atom is 0.130 e. The Hall–Kier alpha value is -1.05. The molecule has 2 nitrogen and oxygen atoms in total. The maximum atomic E-state index is 4.51. The Labute approximate surface area is 94.4 Å². The molecule has 0 fully saturated rings. The van der Waals surface area contributed by atoms with E-state index in [9.17, 15) is 0 Å². The zero-order chi connectivity index (χ0) is 11.8. The van der Waals surface area contributed by atoms with Crippen molar-refractivity contribution in [1.29, 1.82) is 0 Å². The summed E-state index contributed by atoms with van der Waals surface area (Å²) in [5.41, 5.74) is 1.27. The maximum absolute atomic E-state index is 4.51. The molecule has 15 heavy (non-hydrogen) atoms. The Kier molecular flexibility index (Phi) is 6.76. The molecule has 0 aromatic rings. The van der Waals surface area contributed by atoms with Crippen LogP contribution in [0.25, 0.3) is 0 Å². The third-order valence-electron chi connectivity index (χ3n) is 2.04. The number of hydrogen-bond donors (Lipinski definition) is 0. The largest absolute Gasteiger partial charge is 0.331 e. The lowest BCUT2D eigenvalue weighted by Crippen LogP contribution is -2.25. The smallest absolute Gasteiger partial charge is 0.130 e. The van der Waals surface area contributed by atoms with E-state index in [-0.39, 0.29) is 0 Å². The van der Waals surface area contributed by atoms with E-state index in [1.807, 2.05) is 27.7 Å². The van der Waals surface area contributed by atoms with E-state index in [0.717, 1.165) is 12.4 Å². The summed E-state index contributed by atoms with van der Waals surface area (Å²) in [6, 6.07) is 0.455. The fraction of sp³-hybridized carbons (Fsp3) is 0.615. The van der Waals surface area contributed by atoms with Crippen LogP contribution in [0.4, 0.5) is 0 Å². The van der Waals surface area contributed by atoms with Crippen LogP contribution in [0.2, 0.25) is 0 Å². The van der Waals surface area contributed by atoms with Gasteiger partial charge in [-0.1, -0.05) is 33.8 Å². The van der Waals surface area contributed by atoms with Crippen LogP contribution >= 0.6 is 0 Å². The zero-order valence-corrected chi connectivity index (χ0v) is 10.9. The predicted molar refractivity (Wildman–Crippen MR) is 69.2 cm³/mol. The van der Waals surface area contributed by atoms with Crippen LogP contribution in [0.1, 0.15) is 41.5 Å². The Balaban J connectivity index is 0.000000442. The van der Waals surface area contributed by atoms with Crippen LogP contribution in [0.5, 0.6) is 0 Å². The second kappa shape index (κ2) is 7.27. The molecule has 2 heteroatoms. The minimum absolute atomic E-state index is 0.455. The molecule has 0 spiro atoms. The predicted octanol–water partition coefficient (Wildman–Crippen LogP) is 3.62. The van der Waals surface area contributed by atoms with Crippen LogP contribution in [-0.4, -0.2) is 23.3 Å². The molecule has 0 N–H and O–H groups in total. The van der Waals surface area contributed by atoms with Gasteiger partial charge in [-0.05, 0) is 25.5 Å². The number of fused-ring (bicyclic) bond motifs is 1. The molecule has 86 valence electrons. The van der Waals surface area contributed by atoms with Crippen molar-refractivity contribution in [2.75, 3.05) is 6.54 Å². The summed E-state index contributed by atoms with van der Waals surface area (Å²) in [7, 11) is 0. The molecule has 0 aliphatic carbocycles. The summed E-state index contributed by atoms with van der Waals surface area (Å²) in [5, 5.41) is 0. The van der Waals surface area contributed by atoms with E-state index >= 15 is 0 Å². The summed E-state index contributed by atoms with van der Waals surface area (Å²) >= 11 is 0. The lowest BCUT2D eigenvalue weighted by atomic mass is 10.2. The van der Waals surface area contributed by atoms with Gasteiger partial charge in [0, 0.05) is 12.7 Å². The van der Waals surface area contributed by atoms with Gasteiger partial charge in [0.2, 0.25) is 0 Å². The number of allylic oxidation sites excluding steroid dienone is 2. The second-order valence-corrected chi connectivity index (χ2v) is 3.15. The molecule has 0 radical (unpaired) electrons. The Morgan fingerprint density at radius 1 is 1.27 bits per heavy atom. The molecule has 0 saturated heterocycles. The molecule has 1 unspecified atom stereocenters. The first-order valence-corrected chi connectivity index (χ1v) is 5.97. The minimum Gasteiger partial charge on any atom is -0.331 e.